The molecule has 106 valence electrons. The third kappa shape index (κ3) is 2.88. The summed E-state index contributed by atoms with van der Waals surface area (Å²) in [6.07, 6.45) is 4.88. The van der Waals surface area contributed by atoms with Crippen LogP contribution in [0.2, 0.25) is 0 Å². The van der Waals surface area contributed by atoms with E-state index in [9.17, 15) is 0 Å². The van der Waals surface area contributed by atoms with E-state index in [1.807, 2.05) is 35.3 Å². The van der Waals surface area contributed by atoms with E-state index >= 15 is 0 Å². The van der Waals surface area contributed by atoms with Gasteiger partial charge in [-0.3, -0.25) is 0 Å². The number of hydrogen-bond donors (Lipinski definition) is 1. The highest BCUT2D eigenvalue weighted by molar-refractivity contribution is 5.62. The fourth-order valence-electron chi connectivity index (χ4n) is 2.35. The predicted molar refractivity (Wildman–Crippen MR) is 86.2 cm³/mol. The smallest absolute Gasteiger partial charge is 0.0646 e. The van der Waals surface area contributed by atoms with Crippen LogP contribution in [-0.4, -0.2) is 9.78 Å². The van der Waals surface area contributed by atoms with Gasteiger partial charge in [0.05, 0.1) is 11.9 Å². The number of nitrogens with two attached hydrogens (primary N) is 1. The van der Waals surface area contributed by atoms with Crippen LogP contribution in [0.1, 0.15) is 24.9 Å². The molecule has 0 unspecified atom stereocenters. The maximum Gasteiger partial charge on any atom is 0.0646 e. The quantitative estimate of drug-likeness (QED) is 0.784. The van der Waals surface area contributed by atoms with Crippen molar-refractivity contribution in [3.05, 3.63) is 72.6 Å². The molecule has 2 aromatic carbocycles. The Kier molecular flexibility index (Phi) is 3.84. The van der Waals surface area contributed by atoms with E-state index in [0.29, 0.717) is 0 Å². The van der Waals surface area contributed by atoms with E-state index in [4.69, 9.17) is 5.73 Å². The van der Waals surface area contributed by atoms with Crippen molar-refractivity contribution in [2.24, 2.45) is 5.73 Å². The Morgan fingerprint density at radius 2 is 1.71 bits per heavy atom. The zero-order valence-corrected chi connectivity index (χ0v) is 12.1. The largest absolute Gasteiger partial charge is 0.324 e. The second kappa shape index (κ2) is 5.94. The number of nitrogens with zero attached hydrogens (tertiary/aromatic N) is 2. The molecular formula is C18H19N3. The highest BCUT2D eigenvalue weighted by Gasteiger charge is 2.05. The normalized spacial score (nSPS) is 12.3. The fourth-order valence-corrected chi connectivity index (χ4v) is 2.35. The first-order valence-corrected chi connectivity index (χ1v) is 7.24. The standard InChI is InChI=1S/C18H19N3/c1-2-18(19)15-8-10-17(11-9-15)21-13-16(12-20-21)14-6-4-3-5-7-14/h3-13,18H,2,19H2,1H3/t18-/m0/s1. The van der Waals surface area contributed by atoms with Crippen LogP contribution in [-0.2, 0) is 0 Å². The van der Waals surface area contributed by atoms with Crippen LogP contribution in [0.5, 0.6) is 0 Å². The van der Waals surface area contributed by atoms with Gasteiger partial charge in [0.1, 0.15) is 0 Å². The van der Waals surface area contributed by atoms with E-state index in [1.54, 1.807) is 0 Å². The second-order valence-corrected chi connectivity index (χ2v) is 5.15. The summed E-state index contributed by atoms with van der Waals surface area (Å²) in [7, 11) is 0. The van der Waals surface area contributed by atoms with Gasteiger partial charge in [0.15, 0.2) is 0 Å². The molecule has 1 atom stereocenters. The lowest BCUT2D eigenvalue weighted by Gasteiger charge is -2.09. The summed E-state index contributed by atoms with van der Waals surface area (Å²) in [5, 5.41) is 4.44. The fraction of sp³-hybridized carbons (Fsp3) is 0.167. The first-order valence-electron chi connectivity index (χ1n) is 7.24. The van der Waals surface area contributed by atoms with Gasteiger partial charge in [0.2, 0.25) is 0 Å². The summed E-state index contributed by atoms with van der Waals surface area (Å²) >= 11 is 0. The molecule has 2 N–H and O–H groups in total. The van der Waals surface area contributed by atoms with Gasteiger partial charge in [-0.2, -0.15) is 5.10 Å². The Morgan fingerprint density at radius 3 is 2.38 bits per heavy atom. The van der Waals surface area contributed by atoms with Gasteiger partial charge in [-0.1, -0.05) is 49.4 Å². The second-order valence-electron chi connectivity index (χ2n) is 5.15. The van der Waals surface area contributed by atoms with Crippen LogP contribution < -0.4 is 5.73 Å². The molecule has 1 aromatic heterocycles. The zero-order valence-electron chi connectivity index (χ0n) is 12.1. The lowest BCUT2D eigenvalue weighted by Crippen LogP contribution is -2.08. The van der Waals surface area contributed by atoms with Gasteiger partial charge in [-0.25, -0.2) is 4.68 Å². The van der Waals surface area contributed by atoms with Crippen molar-refractivity contribution in [3.8, 4) is 16.8 Å². The minimum Gasteiger partial charge on any atom is -0.324 e. The maximum absolute atomic E-state index is 6.04. The molecule has 0 aliphatic carbocycles. The first kappa shape index (κ1) is 13.6. The molecule has 0 aliphatic rings. The lowest BCUT2D eigenvalue weighted by molar-refractivity contribution is 0.698. The Hall–Kier alpha value is -2.39. The molecule has 0 fully saturated rings. The van der Waals surface area contributed by atoms with Crippen molar-refractivity contribution >= 4 is 0 Å². The number of aromatic nitrogens is 2. The van der Waals surface area contributed by atoms with Crippen molar-refractivity contribution in [1.82, 2.24) is 9.78 Å². The van der Waals surface area contributed by atoms with E-state index in [-0.39, 0.29) is 6.04 Å². The van der Waals surface area contributed by atoms with Crippen LogP contribution in [0, 0.1) is 0 Å². The molecule has 0 aliphatic heterocycles. The van der Waals surface area contributed by atoms with E-state index in [2.05, 4.69) is 48.4 Å². The first-order chi connectivity index (χ1) is 10.3. The topological polar surface area (TPSA) is 43.8 Å². The molecule has 0 spiro atoms. The minimum absolute atomic E-state index is 0.108. The van der Waals surface area contributed by atoms with E-state index in [1.165, 1.54) is 5.56 Å². The Balaban J connectivity index is 1.86. The van der Waals surface area contributed by atoms with Gasteiger partial charge < -0.3 is 5.73 Å². The lowest BCUT2D eigenvalue weighted by atomic mass is 10.1. The molecule has 3 heteroatoms. The van der Waals surface area contributed by atoms with Gasteiger partial charge in [-0.15, -0.1) is 0 Å². The summed E-state index contributed by atoms with van der Waals surface area (Å²) in [4.78, 5) is 0. The SMILES string of the molecule is CC[C@H](N)c1ccc(-n2cc(-c3ccccc3)cn2)cc1. The highest BCUT2D eigenvalue weighted by Crippen LogP contribution is 2.21. The summed E-state index contributed by atoms with van der Waals surface area (Å²) in [5.41, 5.74) is 10.5. The third-order valence-corrected chi connectivity index (χ3v) is 3.72. The third-order valence-electron chi connectivity index (χ3n) is 3.72. The van der Waals surface area contributed by atoms with Crippen molar-refractivity contribution in [2.75, 3.05) is 0 Å². The van der Waals surface area contributed by atoms with Crippen molar-refractivity contribution < 1.29 is 0 Å². The molecule has 0 radical (unpaired) electrons. The molecule has 0 amide bonds. The minimum atomic E-state index is 0.108. The van der Waals surface area contributed by atoms with Gasteiger partial charge >= 0.3 is 0 Å². The number of rotatable bonds is 4. The number of benzene rings is 2. The summed E-state index contributed by atoms with van der Waals surface area (Å²) < 4.78 is 1.89. The maximum atomic E-state index is 6.04. The molecule has 21 heavy (non-hydrogen) atoms. The summed E-state index contributed by atoms with van der Waals surface area (Å²) in [6.45, 7) is 2.10. The van der Waals surface area contributed by atoms with Gasteiger partial charge in [0, 0.05) is 17.8 Å². The van der Waals surface area contributed by atoms with Crippen LogP contribution in [0.3, 0.4) is 0 Å². The van der Waals surface area contributed by atoms with Crippen molar-refractivity contribution in [1.29, 1.82) is 0 Å². The molecule has 0 saturated heterocycles. The van der Waals surface area contributed by atoms with Crippen molar-refractivity contribution in [2.45, 2.75) is 19.4 Å². The Labute approximate surface area is 125 Å². The molecule has 0 saturated carbocycles. The van der Waals surface area contributed by atoms with Crippen molar-refractivity contribution in [3.63, 3.8) is 0 Å². The highest BCUT2D eigenvalue weighted by atomic mass is 15.3. The van der Waals surface area contributed by atoms with E-state index < -0.39 is 0 Å². The van der Waals surface area contributed by atoms with Crippen LogP contribution in [0.4, 0.5) is 0 Å². The molecular weight excluding hydrogens is 258 g/mol. The van der Waals surface area contributed by atoms with Crippen LogP contribution >= 0.6 is 0 Å². The predicted octanol–water partition coefficient (Wildman–Crippen LogP) is 3.95. The van der Waals surface area contributed by atoms with Crippen LogP contribution in [0.15, 0.2) is 67.0 Å². The zero-order chi connectivity index (χ0) is 14.7. The Morgan fingerprint density at radius 1 is 1.00 bits per heavy atom. The monoisotopic (exact) mass is 277 g/mol. The van der Waals surface area contributed by atoms with Gasteiger partial charge in [0.25, 0.3) is 0 Å². The molecule has 3 nitrogen and oxygen atoms in total. The van der Waals surface area contributed by atoms with E-state index in [0.717, 1.165) is 23.2 Å². The average molecular weight is 277 g/mol. The molecule has 1 heterocycles. The summed E-state index contributed by atoms with van der Waals surface area (Å²) in [6, 6.07) is 18.6. The molecule has 3 rings (SSSR count). The molecule has 3 aromatic rings. The van der Waals surface area contributed by atoms with Gasteiger partial charge in [-0.05, 0) is 29.7 Å². The number of hydrogen-bond acceptors (Lipinski definition) is 2. The average Bonchev–Trinajstić information content (AvgIpc) is 3.05. The molecule has 0 bridgehead atoms. The Bertz CT molecular complexity index is 699. The summed E-state index contributed by atoms with van der Waals surface area (Å²) in [5.74, 6) is 0. The van der Waals surface area contributed by atoms with Crippen LogP contribution in [0.25, 0.3) is 16.8 Å².